The minimum absolute atomic E-state index is 0.318. The second-order valence-corrected chi connectivity index (χ2v) is 8.77. The molecule has 1 aromatic heterocycles. The number of nitrogens with one attached hydrogen (secondary N) is 1. The Morgan fingerprint density at radius 3 is 2.41 bits per heavy atom. The van der Waals surface area contributed by atoms with Crippen LogP contribution < -0.4 is 4.90 Å². The largest absolute Gasteiger partial charge is 0.328 e. The summed E-state index contributed by atoms with van der Waals surface area (Å²) >= 11 is 7.58. The van der Waals surface area contributed by atoms with Gasteiger partial charge in [0, 0.05) is 5.02 Å². The Morgan fingerprint density at radius 1 is 1.14 bits per heavy atom. The molecule has 0 spiro atoms. The molecule has 1 aliphatic heterocycles. The predicted octanol–water partition coefficient (Wildman–Crippen LogP) is 1.49. The van der Waals surface area contributed by atoms with Crippen LogP contribution in [-0.4, -0.2) is 38.9 Å². The number of quaternary nitrogens is 1. The Hall–Kier alpha value is -0.920. The van der Waals surface area contributed by atoms with Crippen LogP contribution in [-0.2, 0) is 16.6 Å². The van der Waals surface area contributed by atoms with Crippen molar-refractivity contribution in [3.63, 3.8) is 0 Å². The standard InChI is InChI=1S/C15H17ClN2O2S2/c16-13-3-5-15(6-4-13)22(19,20)18-9-7-17(8-10-18)12-14-2-1-11-21-14/h1-6,11H,7-10,12H2/p+1. The van der Waals surface area contributed by atoms with Gasteiger partial charge in [0.2, 0.25) is 10.0 Å². The third-order valence-corrected chi connectivity index (χ3v) is 6.93. The van der Waals surface area contributed by atoms with Gasteiger partial charge in [-0.3, -0.25) is 0 Å². The number of nitrogens with zero attached hydrogens (tertiary/aromatic N) is 1. The van der Waals surface area contributed by atoms with Crippen LogP contribution in [0, 0.1) is 0 Å². The summed E-state index contributed by atoms with van der Waals surface area (Å²) in [7, 11) is -3.40. The van der Waals surface area contributed by atoms with E-state index in [1.807, 2.05) is 0 Å². The van der Waals surface area contributed by atoms with Crippen LogP contribution in [0.4, 0.5) is 0 Å². The van der Waals surface area contributed by atoms with E-state index < -0.39 is 10.0 Å². The van der Waals surface area contributed by atoms with Gasteiger partial charge in [-0.05, 0) is 35.7 Å². The summed E-state index contributed by atoms with van der Waals surface area (Å²) in [6.07, 6.45) is 0. The molecule has 0 radical (unpaired) electrons. The van der Waals surface area contributed by atoms with Gasteiger partial charge in [0.1, 0.15) is 6.54 Å². The first-order valence-corrected chi connectivity index (χ1v) is 9.87. The molecule has 118 valence electrons. The first-order chi connectivity index (χ1) is 10.6. The van der Waals surface area contributed by atoms with Crippen LogP contribution in [0.1, 0.15) is 4.88 Å². The lowest BCUT2D eigenvalue weighted by Crippen LogP contribution is -3.13. The molecule has 1 N–H and O–H groups in total. The van der Waals surface area contributed by atoms with E-state index in [9.17, 15) is 8.42 Å². The number of piperazine rings is 1. The van der Waals surface area contributed by atoms with E-state index in [-0.39, 0.29) is 0 Å². The van der Waals surface area contributed by atoms with Gasteiger partial charge in [-0.15, -0.1) is 11.3 Å². The van der Waals surface area contributed by atoms with Crippen molar-refractivity contribution in [1.82, 2.24) is 4.31 Å². The Morgan fingerprint density at radius 2 is 1.82 bits per heavy atom. The van der Waals surface area contributed by atoms with Gasteiger partial charge in [-0.25, -0.2) is 8.42 Å². The summed E-state index contributed by atoms with van der Waals surface area (Å²) in [5.41, 5.74) is 0. The van der Waals surface area contributed by atoms with Crippen LogP contribution in [0.25, 0.3) is 0 Å². The molecule has 4 nitrogen and oxygen atoms in total. The molecule has 0 bridgehead atoms. The molecule has 0 atom stereocenters. The maximum atomic E-state index is 12.6. The average molecular weight is 358 g/mol. The van der Waals surface area contributed by atoms with E-state index in [4.69, 9.17) is 11.6 Å². The highest BCUT2D eigenvalue weighted by Crippen LogP contribution is 2.18. The first kappa shape index (κ1) is 16.0. The quantitative estimate of drug-likeness (QED) is 0.900. The number of hydrogen-bond acceptors (Lipinski definition) is 3. The number of thiophene rings is 1. The Balaban J connectivity index is 1.64. The third-order valence-electron chi connectivity index (χ3n) is 3.89. The Labute approximate surface area is 140 Å². The first-order valence-electron chi connectivity index (χ1n) is 7.17. The highest BCUT2D eigenvalue weighted by atomic mass is 35.5. The van der Waals surface area contributed by atoms with Crippen LogP contribution >= 0.6 is 22.9 Å². The maximum Gasteiger partial charge on any atom is 0.243 e. The van der Waals surface area contributed by atoms with E-state index >= 15 is 0 Å². The van der Waals surface area contributed by atoms with E-state index in [0.717, 1.165) is 19.6 Å². The molecule has 1 saturated heterocycles. The summed E-state index contributed by atoms with van der Waals surface area (Å²) in [5, 5.41) is 2.62. The van der Waals surface area contributed by atoms with E-state index in [1.54, 1.807) is 39.9 Å². The Bertz CT molecular complexity index is 707. The summed E-state index contributed by atoms with van der Waals surface area (Å²) in [6, 6.07) is 10.6. The zero-order chi connectivity index (χ0) is 15.6. The zero-order valence-electron chi connectivity index (χ0n) is 12.0. The van der Waals surface area contributed by atoms with Gasteiger partial charge in [0.15, 0.2) is 0 Å². The third kappa shape index (κ3) is 3.52. The maximum absolute atomic E-state index is 12.6. The van der Waals surface area contributed by atoms with Crippen LogP contribution in [0.15, 0.2) is 46.7 Å². The summed E-state index contributed by atoms with van der Waals surface area (Å²) in [6.45, 7) is 3.78. The molecular formula is C15H18ClN2O2S2+. The highest BCUT2D eigenvalue weighted by Gasteiger charge is 2.30. The fourth-order valence-corrected chi connectivity index (χ4v) is 4.98. The molecule has 7 heteroatoms. The van der Waals surface area contributed by atoms with Crippen molar-refractivity contribution in [2.75, 3.05) is 26.2 Å². The molecule has 1 fully saturated rings. The fraction of sp³-hybridized carbons (Fsp3) is 0.333. The van der Waals surface area contributed by atoms with Crippen LogP contribution in [0.3, 0.4) is 0 Å². The predicted molar refractivity (Wildman–Crippen MR) is 88.9 cm³/mol. The summed E-state index contributed by atoms with van der Waals surface area (Å²) < 4.78 is 26.8. The lowest BCUT2D eigenvalue weighted by Gasteiger charge is -2.31. The van der Waals surface area contributed by atoms with Crippen molar-refractivity contribution in [3.8, 4) is 0 Å². The van der Waals surface area contributed by atoms with E-state index in [0.29, 0.717) is 23.0 Å². The summed E-state index contributed by atoms with van der Waals surface area (Å²) in [4.78, 5) is 3.10. The molecule has 0 aliphatic carbocycles. The van der Waals surface area contributed by atoms with Crippen LogP contribution in [0.5, 0.6) is 0 Å². The second kappa shape index (κ2) is 6.68. The smallest absolute Gasteiger partial charge is 0.243 e. The number of halogens is 1. The van der Waals surface area contributed by atoms with Crippen molar-refractivity contribution in [3.05, 3.63) is 51.7 Å². The van der Waals surface area contributed by atoms with Crippen molar-refractivity contribution >= 4 is 33.0 Å². The van der Waals surface area contributed by atoms with Crippen molar-refractivity contribution < 1.29 is 13.3 Å². The molecule has 3 rings (SSSR count). The van der Waals surface area contributed by atoms with Crippen molar-refractivity contribution in [1.29, 1.82) is 0 Å². The molecule has 2 heterocycles. The fourth-order valence-electron chi connectivity index (χ4n) is 2.63. The molecule has 0 amide bonds. The molecule has 22 heavy (non-hydrogen) atoms. The van der Waals surface area contributed by atoms with Gasteiger partial charge in [0.25, 0.3) is 0 Å². The van der Waals surface area contributed by atoms with Crippen molar-refractivity contribution in [2.24, 2.45) is 0 Å². The van der Waals surface area contributed by atoms with E-state index in [1.165, 1.54) is 9.78 Å². The second-order valence-electron chi connectivity index (χ2n) is 5.36. The molecular weight excluding hydrogens is 340 g/mol. The molecule has 0 saturated carbocycles. The molecule has 1 aliphatic rings. The molecule has 0 unspecified atom stereocenters. The normalized spacial score (nSPS) is 17.7. The topological polar surface area (TPSA) is 41.8 Å². The van der Waals surface area contributed by atoms with Crippen LogP contribution in [0.2, 0.25) is 5.02 Å². The number of rotatable bonds is 4. The van der Waals surface area contributed by atoms with Gasteiger partial charge in [-0.2, -0.15) is 4.31 Å². The zero-order valence-corrected chi connectivity index (χ0v) is 14.4. The number of hydrogen-bond donors (Lipinski definition) is 1. The molecule has 1 aromatic carbocycles. The van der Waals surface area contributed by atoms with Gasteiger partial charge >= 0.3 is 0 Å². The minimum Gasteiger partial charge on any atom is -0.328 e. The SMILES string of the molecule is O=S(=O)(c1ccc(Cl)cc1)N1CC[NH+](Cc2cccs2)CC1. The lowest BCUT2D eigenvalue weighted by atomic mass is 10.3. The lowest BCUT2D eigenvalue weighted by molar-refractivity contribution is -0.917. The number of sulfonamides is 1. The average Bonchev–Trinajstić information content (AvgIpc) is 3.01. The summed E-state index contributed by atoms with van der Waals surface area (Å²) in [5.74, 6) is 0. The van der Waals surface area contributed by atoms with Gasteiger partial charge < -0.3 is 4.90 Å². The van der Waals surface area contributed by atoms with Gasteiger partial charge in [0.05, 0.1) is 36.0 Å². The Kier molecular flexibility index (Phi) is 4.84. The van der Waals surface area contributed by atoms with Crippen molar-refractivity contribution in [2.45, 2.75) is 11.4 Å². The van der Waals surface area contributed by atoms with Gasteiger partial charge in [-0.1, -0.05) is 17.7 Å². The molecule has 2 aromatic rings. The highest BCUT2D eigenvalue weighted by molar-refractivity contribution is 7.89. The van der Waals surface area contributed by atoms with E-state index in [2.05, 4.69) is 17.5 Å². The number of benzene rings is 1. The monoisotopic (exact) mass is 357 g/mol. The minimum atomic E-state index is -3.40.